The zero-order chi connectivity index (χ0) is 15.2. The quantitative estimate of drug-likeness (QED) is 0.411. The van der Waals surface area contributed by atoms with Gasteiger partial charge in [-0.15, -0.1) is 0 Å². The first-order chi connectivity index (χ1) is 9.35. The summed E-state index contributed by atoms with van der Waals surface area (Å²) in [4.78, 5) is 11.8. The van der Waals surface area contributed by atoms with E-state index in [1.165, 1.54) is 0 Å². The van der Waals surface area contributed by atoms with Crippen LogP contribution in [-0.2, 0) is 23.4 Å². The molecule has 1 heterocycles. The molecule has 20 heavy (non-hydrogen) atoms. The fourth-order valence-electron chi connectivity index (χ4n) is 1.79. The molecule has 0 radical (unpaired) electrons. The molecule has 116 valence electrons. The van der Waals surface area contributed by atoms with Crippen molar-refractivity contribution in [2.45, 2.75) is 52.3 Å². The zero-order valence-corrected chi connectivity index (χ0v) is 14.1. The van der Waals surface area contributed by atoms with Gasteiger partial charge in [0, 0.05) is 13.0 Å². The molecule has 2 atom stereocenters. The molecule has 0 aromatic heterocycles. The van der Waals surface area contributed by atoms with Gasteiger partial charge in [0.05, 0.1) is 13.2 Å². The third-order valence-electron chi connectivity index (χ3n) is 2.69. The molecule has 0 saturated carbocycles. The SMILES string of the molecule is CCOC(=O)[C@@H]1CC(CO[Si](C)(C)C)=C[C@@H](OCC)O1. The average Bonchev–Trinajstić information content (AvgIpc) is 2.36. The number of hydrogen-bond donors (Lipinski definition) is 0. The molecular weight excluding hydrogens is 276 g/mol. The summed E-state index contributed by atoms with van der Waals surface area (Å²) in [6.45, 7) is 11.5. The molecule has 1 rings (SSSR count). The summed E-state index contributed by atoms with van der Waals surface area (Å²) in [7, 11) is -1.58. The summed E-state index contributed by atoms with van der Waals surface area (Å²) in [6, 6.07) is 0. The average molecular weight is 302 g/mol. The fraction of sp³-hybridized carbons (Fsp3) is 0.786. The van der Waals surface area contributed by atoms with Crippen molar-refractivity contribution in [1.29, 1.82) is 0 Å². The van der Waals surface area contributed by atoms with E-state index in [0.717, 1.165) is 5.57 Å². The van der Waals surface area contributed by atoms with Gasteiger partial charge in [-0.3, -0.25) is 0 Å². The van der Waals surface area contributed by atoms with Crippen molar-refractivity contribution < 1.29 is 23.4 Å². The highest BCUT2D eigenvalue weighted by Gasteiger charge is 2.30. The van der Waals surface area contributed by atoms with Crippen LogP contribution in [0.1, 0.15) is 20.3 Å². The Bertz CT molecular complexity index is 348. The van der Waals surface area contributed by atoms with Gasteiger partial charge in [0.1, 0.15) is 0 Å². The van der Waals surface area contributed by atoms with E-state index in [2.05, 4.69) is 19.6 Å². The summed E-state index contributed by atoms with van der Waals surface area (Å²) < 4.78 is 22.0. The van der Waals surface area contributed by atoms with Gasteiger partial charge in [-0.1, -0.05) is 0 Å². The van der Waals surface area contributed by atoms with Gasteiger partial charge in [-0.25, -0.2) is 4.79 Å². The number of hydrogen-bond acceptors (Lipinski definition) is 5. The van der Waals surface area contributed by atoms with Gasteiger partial charge >= 0.3 is 5.97 Å². The van der Waals surface area contributed by atoms with Gasteiger partial charge in [-0.2, -0.15) is 0 Å². The lowest BCUT2D eigenvalue weighted by molar-refractivity contribution is -0.183. The number of esters is 1. The molecule has 0 spiro atoms. The second kappa shape index (κ2) is 7.92. The largest absolute Gasteiger partial charge is 0.464 e. The minimum atomic E-state index is -1.58. The first kappa shape index (κ1) is 17.4. The maximum atomic E-state index is 11.8. The Balaban J connectivity index is 2.68. The van der Waals surface area contributed by atoms with E-state index in [-0.39, 0.29) is 5.97 Å². The van der Waals surface area contributed by atoms with E-state index >= 15 is 0 Å². The van der Waals surface area contributed by atoms with Crippen LogP contribution >= 0.6 is 0 Å². The minimum absolute atomic E-state index is 0.337. The number of ether oxygens (including phenoxy) is 3. The van der Waals surface area contributed by atoms with E-state index < -0.39 is 20.7 Å². The Morgan fingerprint density at radius 1 is 1.35 bits per heavy atom. The predicted octanol–water partition coefficient (Wildman–Crippen LogP) is 2.48. The van der Waals surface area contributed by atoms with E-state index in [1.807, 2.05) is 13.0 Å². The molecule has 0 aromatic rings. The molecule has 0 aromatic carbocycles. The van der Waals surface area contributed by atoms with Crippen LogP contribution in [0.5, 0.6) is 0 Å². The molecule has 0 unspecified atom stereocenters. The van der Waals surface area contributed by atoms with Crippen LogP contribution in [0.25, 0.3) is 0 Å². The number of carbonyl (C=O) groups excluding carboxylic acids is 1. The van der Waals surface area contributed by atoms with Gasteiger partial charge in [-0.05, 0) is 45.1 Å². The van der Waals surface area contributed by atoms with Gasteiger partial charge < -0.3 is 18.6 Å². The van der Waals surface area contributed by atoms with Crippen molar-refractivity contribution in [1.82, 2.24) is 0 Å². The first-order valence-electron chi connectivity index (χ1n) is 7.13. The number of carbonyl (C=O) groups is 1. The minimum Gasteiger partial charge on any atom is -0.464 e. The molecule has 0 saturated heterocycles. The van der Waals surface area contributed by atoms with Crippen LogP contribution in [0.2, 0.25) is 19.6 Å². The highest BCUT2D eigenvalue weighted by atomic mass is 28.4. The molecule has 1 aliphatic rings. The third kappa shape index (κ3) is 6.17. The number of rotatable bonds is 7. The standard InChI is InChI=1S/C14H26O5Si/c1-6-16-13-9-11(10-18-20(3,4)5)8-12(19-13)14(15)17-7-2/h9,12-13H,6-8,10H2,1-5H3/t12-,13-/m0/s1. The third-order valence-corrected chi connectivity index (χ3v) is 3.70. The highest BCUT2D eigenvalue weighted by Crippen LogP contribution is 2.22. The Labute approximate surface area is 122 Å². The maximum Gasteiger partial charge on any atom is 0.335 e. The predicted molar refractivity (Wildman–Crippen MR) is 78.9 cm³/mol. The van der Waals surface area contributed by atoms with Gasteiger partial charge in [0.2, 0.25) is 0 Å². The van der Waals surface area contributed by atoms with Crippen molar-refractivity contribution in [3.8, 4) is 0 Å². The van der Waals surface area contributed by atoms with Crippen LogP contribution in [0.4, 0.5) is 0 Å². The van der Waals surface area contributed by atoms with Crippen LogP contribution in [0.3, 0.4) is 0 Å². The van der Waals surface area contributed by atoms with Crippen LogP contribution in [0, 0.1) is 0 Å². The smallest absolute Gasteiger partial charge is 0.335 e. The summed E-state index contributed by atoms with van der Waals surface area (Å²) in [5.41, 5.74) is 1.04. The van der Waals surface area contributed by atoms with Crippen LogP contribution < -0.4 is 0 Å². The Morgan fingerprint density at radius 2 is 2.05 bits per heavy atom. The van der Waals surface area contributed by atoms with Crippen molar-refractivity contribution in [3.63, 3.8) is 0 Å². The second-order valence-corrected chi connectivity index (χ2v) is 10.1. The molecule has 1 aliphatic heterocycles. The maximum absolute atomic E-state index is 11.8. The van der Waals surface area contributed by atoms with Crippen molar-refractivity contribution in [3.05, 3.63) is 11.6 Å². The molecule has 0 aliphatic carbocycles. The van der Waals surface area contributed by atoms with Gasteiger partial charge in [0.15, 0.2) is 20.7 Å². The first-order valence-corrected chi connectivity index (χ1v) is 10.5. The molecule has 0 N–H and O–H groups in total. The lowest BCUT2D eigenvalue weighted by atomic mass is 10.1. The summed E-state index contributed by atoms with van der Waals surface area (Å²) in [5, 5.41) is 0. The highest BCUT2D eigenvalue weighted by molar-refractivity contribution is 6.69. The molecule has 6 heteroatoms. The molecule has 5 nitrogen and oxygen atoms in total. The van der Waals surface area contributed by atoms with Crippen LogP contribution in [-0.4, -0.2) is 46.5 Å². The lowest BCUT2D eigenvalue weighted by Gasteiger charge is -2.29. The van der Waals surface area contributed by atoms with E-state index in [4.69, 9.17) is 18.6 Å². The normalized spacial score (nSPS) is 23.4. The summed E-state index contributed by atoms with van der Waals surface area (Å²) in [6.07, 6.45) is 1.31. The Kier molecular flexibility index (Phi) is 6.88. The topological polar surface area (TPSA) is 54.0 Å². The van der Waals surface area contributed by atoms with E-state index in [0.29, 0.717) is 26.2 Å². The van der Waals surface area contributed by atoms with E-state index in [9.17, 15) is 4.79 Å². The molecule has 0 fully saturated rings. The lowest BCUT2D eigenvalue weighted by Crippen LogP contribution is -2.37. The summed E-state index contributed by atoms with van der Waals surface area (Å²) in [5.74, 6) is -0.337. The van der Waals surface area contributed by atoms with Crippen molar-refractivity contribution in [2.24, 2.45) is 0 Å². The van der Waals surface area contributed by atoms with Crippen molar-refractivity contribution in [2.75, 3.05) is 19.8 Å². The second-order valence-electron chi connectivity index (χ2n) is 5.63. The summed E-state index contributed by atoms with van der Waals surface area (Å²) >= 11 is 0. The monoisotopic (exact) mass is 302 g/mol. The fourth-order valence-corrected chi connectivity index (χ4v) is 2.41. The van der Waals surface area contributed by atoms with Crippen molar-refractivity contribution >= 4 is 14.3 Å². The molecule has 0 bridgehead atoms. The zero-order valence-electron chi connectivity index (χ0n) is 13.1. The van der Waals surface area contributed by atoms with Gasteiger partial charge in [0.25, 0.3) is 0 Å². The Morgan fingerprint density at radius 3 is 2.60 bits per heavy atom. The van der Waals surface area contributed by atoms with Crippen LogP contribution in [0.15, 0.2) is 11.6 Å². The Hall–Kier alpha value is -0.693. The van der Waals surface area contributed by atoms with E-state index in [1.54, 1.807) is 6.92 Å². The molecule has 0 amide bonds. The molecular formula is C14H26O5Si.